The Hall–Kier alpha value is -0.300. The van der Waals surface area contributed by atoms with E-state index < -0.39 is 0 Å². The standard InChI is InChI=1S/C21H38O/c1-3-5-6-8-19-9-11-20(12-10-19)17-22-21-15-13-18(7-4-2)14-16-21/h9,11,18-21H,3-8,10,12-17H2,1-2H3. The van der Waals surface area contributed by atoms with E-state index in [4.69, 9.17) is 4.74 Å². The molecule has 128 valence electrons. The van der Waals surface area contributed by atoms with Crippen molar-refractivity contribution in [2.75, 3.05) is 6.61 Å². The Morgan fingerprint density at radius 1 is 0.773 bits per heavy atom. The lowest BCUT2D eigenvalue weighted by Crippen LogP contribution is -2.24. The third-order valence-electron chi connectivity index (χ3n) is 5.78. The first kappa shape index (κ1) is 18.0. The molecule has 2 rings (SSSR count). The molecular weight excluding hydrogens is 268 g/mol. The number of hydrogen-bond donors (Lipinski definition) is 0. The van der Waals surface area contributed by atoms with Gasteiger partial charge in [-0.1, -0.05) is 58.1 Å². The van der Waals surface area contributed by atoms with Crippen LogP contribution in [0.1, 0.15) is 90.9 Å². The molecule has 0 amide bonds. The fourth-order valence-electron chi connectivity index (χ4n) is 4.23. The molecule has 0 aromatic heterocycles. The number of hydrogen-bond acceptors (Lipinski definition) is 1. The van der Waals surface area contributed by atoms with Crippen molar-refractivity contribution in [1.29, 1.82) is 0 Å². The van der Waals surface area contributed by atoms with Crippen LogP contribution in [0.2, 0.25) is 0 Å². The molecule has 0 aliphatic heterocycles. The van der Waals surface area contributed by atoms with Crippen LogP contribution in [0.4, 0.5) is 0 Å². The van der Waals surface area contributed by atoms with Gasteiger partial charge in [0.2, 0.25) is 0 Å². The Labute approximate surface area is 138 Å². The zero-order valence-electron chi connectivity index (χ0n) is 15.1. The van der Waals surface area contributed by atoms with Gasteiger partial charge in [0.15, 0.2) is 0 Å². The molecule has 2 atom stereocenters. The van der Waals surface area contributed by atoms with Gasteiger partial charge in [0.05, 0.1) is 12.7 Å². The summed E-state index contributed by atoms with van der Waals surface area (Å²) in [7, 11) is 0. The molecule has 22 heavy (non-hydrogen) atoms. The van der Waals surface area contributed by atoms with Crippen molar-refractivity contribution in [2.45, 2.75) is 97.0 Å². The summed E-state index contributed by atoms with van der Waals surface area (Å²) in [6, 6.07) is 0. The largest absolute Gasteiger partial charge is 0.378 e. The highest BCUT2D eigenvalue weighted by molar-refractivity contribution is 4.98. The quantitative estimate of drug-likeness (QED) is 0.348. The molecule has 0 heterocycles. The number of unbranched alkanes of at least 4 members (excludes halogenated alkanes) is 2. The molecule has 2 unspecified atom stereocenters. The average molecular weight is 307 g/mol. The van der Waals surface area contributed by atoms with Crippen LogP contribution in [-0.2, 0) is 4.74 Å². The molecule has 1 fully saturated rings. The minimum Gasteiger partial charge on any atom is -0.378 e. The summed E-state index contributed by atoms with van der Waals surface area (Å²) in [5.74, 6) is 2.53. The van der Waals surface area contributed by atoms with Crippen LogP contribution in [0, 0.1) is 17.8 Å². The molecule has 0 radical (unpaired) electrons. The van der Waals surface area contributed by atoms with E-state index in [9.17, 15) is 0 Å². The maximum atomic E-state index is 6.23. The van der Waals surface area contributed by atoms with Gasteiger partial charge in [-0.3, -0.25) is 0 Å². The van der Waals surface area contributed by atoms with Crippen molar-refractivity contribution in [3.05, 3.63) is 12.2 Å². The maximum Gasteiger partial charge on any atom is 0.0575 e. The van der Waals surface area contributed by atoms with Crippen LogP contribution in [0.5, 0.6) is 0 Å². The molecule has 0 aromatic rings. The number of allylic oxidation sites excluding steroid dienone is 1. The van der Waals surface area contributed by atoms with E-state index in [0.717, 1.165) is 18.4 Å². The first-order valence-electron chi connectivity index (χ1n) is 10.1. The van der Waals surface area contributed by atoms with Crippen molar-refractivity contribution >= 4 is 0 Å². The summed E-state index contributed by atoms with van der Waals surface area (Å²) in [6.07, 6.45) is 22.0. The first-order valence-corrected chi connectivity index (χ1v) is 10.1. The lowest BCUT2D eigenvalue weighted by molar-refractivity contribution is 0.00278. The zero-order valence-corrected chi connectivity index (χ0v) is 15.1. The summed E-state index contributed by atoms with van der Waals surface area (Å²) < 4.78 is 6.23. The third kappa shape index (κ3) is 6.44. The number of rotatable bonds is 9. The molecule has 0 bridgehead atoms. The third-order valence-corrected chi connectivity index (χ3v) is 5.78. The molecule has 2 aliphatic carbocycles. The van der Waals surface area contributed by atoms with E-state index in [2.05, 4.69) is 26.0 Å². The first-order chi connectivity index (χ1) is 10.8. The Bertz CT molecular complexity index is 301. The van der Waals surface area contributed by atoms with Crippen LogP contribution in [-0.4, -0.2) is 12.7 Å². The highest BCUT2D eigenvalue weighted by Gasteiger charge is 2.22. The van der Waals surface area contributed by atoms with Crippen LogP contribution in [0.15, 0.2) is 12.2 Å². The van der Waals surface area contributed by atoms with Crippen molar-refractivity contribution < 1.29 is 4.74 Å². The van der Waals surface area contributed by atoms with Gasteiger partial charge in [-0.05, 0) is 56.8 Å². The summed E-state index contributed by atoms with van der Waals surface area (Å²) in [6.45, 7) is 5.58. The van der Waals surface area contributed by atoms with Gasteiger partial charge in [0.1, 0.15) is 0 Å². The van der Waals surface area contributed by atoms with E-state index in [1.165, 1.54) is 77.0 Å². The fourth-order valence-corrected chi connectivity index (χ4v) is 4.23. The monoisotopic (exact) mass is 306 g/mol. The Morgan fingerprint density at radius 3 is 2.14 bits per heavy atom. The van der Waals surface area contributed by atoms with Gasteiger partial charge in [-0.2, -0.15) is 0 Å². The fraction of sp³-hybridized carbons (Fsp3) is 0.905. The molecule has 1 heteroatoms. The second kappa shape index (κ2) is 10.5. The van der Waals surface area contributed by atoms with Gasteiger partial charge in [-0.25, -0.2) is 0 Å². The molecule has 0 aromatic carbocycles. The minimum atomic E-state index is 0.559. The number of ether oxygens (including phenoxy) is 1. The molecule has 0 spiro atoms. The predicted molar refractivity (Wildman–Crippen MR) is 96.1 cm³/mol. The van der Waals surface area contributed by atoms with E-state index in [-0.39, 0.29) is 0 Å². The second-order valence-corrected chi connectivity index (χ2v) is 7.74. The highest BCUT2D eigenvalue weighted by Crippen LogP contribution is 2.31. The van der Waals surface area contributed by atoms with Crippen LogP contribution in [0.3, 0.4) is 0 Å². The molecule has 0 N–H and O–H groups in total. The SMILES string of the molecule is CCCCCC1C=CC(COC2CCC(CCC)CC2)CC1. The van der Waals surface area contributed by atoms with E-state index in [1.807, 2.05) is 0 Å². The van der Waals surface area contributed by atoms with Gasteiger partial charge in [-0.15, -0.1) is 0 Å². The highest BCUT2D eigenvalue weighted by atomic mass is 16.5. The lowest BCUT2D eigenvalue weighted by atomic mass is 9.84. The molecule has 0 saturated heterocycles. The maximum absolute atomic E-state index is 6.23. The zero-order chi connectivity index (χ0) is 15.6. The second-order valence-electron chi connectivity index (χ2n) is 7.74. The van der Waals surface area contributed by atoms with Gasteiger partial charge in [0.25, 0.3) is 0 Å². The van der Waals surface area contributed by atoms with Gasteiger partial charge < -0.3 is 4.74 Å². The summed E-state index contributed by atoms with van der Waals surface area (Å²) in [5, 5.41) is 0. The smallest absolute Gasteiger partial charge is 0.0575 e. The molecule has 1 nitrogen and oxygen atoms in total. The van der Waals surface area contributed by atoms with Crippen molar-refractivity contribution in [3.63, 3.8) is 0 Å². The Kier molecular flexibility index (Phi) is 8.59. The summed E-state index contributed by atoms with van der Waals surface area (Å²) in [4.78, 5) is 0. The minimum absolute atomic E-state index is 0.559. The molecule has 1 saturated carbocycles. The van der Waals surface area contributed by atoms with Crippen molar-refractivity contribution in [1.82, 2.24) is 0 Å². The van der Waals surface area contributed by atoms with Crippen molar-refractivity contribution in [3.8, 4) is 0 Å². The molecular formula is C21H38O. The average Bonchev–Trinajstić information content (AvgIpc) is 2.56. The van der Waals surface area contributed by atoms with E-state index in [0.29, 0.717) is 12.0 Å². The summed E-state index contributed by atoms with van der Waals surface area (Å²) in [5.41, 5.74) is 0. The Balaban J connectivity index is 1.57. The van der Waals surface area contributed by atoms with E-state index >= 15 is 0 Å². The summed E-state index contributed by atoms with van der Waals surface area (Å²) >= 11 is 0. The Morgan fingerprint density at radius 2 is 1.50 bits per heavy atom. The predicted octanol–water partition coefficient (Wildman–Crippen LogP) is 6.52. The van der Waals surface area contributed by atoms with Crippen LogP contribution in [0.25, 0.3) is 0 Å². The normalized spacial score (nSPS) is 32.3. The van der Waals surface area contributed by atoms with Crippen molar-refractivity contribution in [2.24, 2.45) is 17.8 Å². The topological polar surface area (TPSA) is 9.23 Å². The van der Waals surface area contributed by atoms with Gasteiger partial charge >= 0.3 is 0 Å². The van der Waals surface area contributed by atoms with E-state index in [1.54, 1.807) is 0 Å². The lowest BCUT2D eigenvalue weighted by Gasteiger charge is -2.30. The van der Waals surface area contributed by atoms with Gasteiger partial charge in [0, 0.05) is 5.92 Å². The molecule has 2 aliphatic rings. The van der Waals surface area contributed by atoms with Crippen LogP contribution < -0.4 is 0 Å². The van der Waals surface area contributed by atoms with Crippen LogP contribution >= 0.6 is 0 Å².